The maximum Gasteiger partial charge on any atom is 0.0952 e. The molecule has 3 rings (SSSR count). The van der Waals surface area contributed by atoms with Crippen LogP contribution in [0.5, 0.6) is 0 Å². The Morgan fingerprint density at radius 2 is 2.00 bits per heavy atom. The van der Waals surface area contributed by atoms with E-state index in [0.29, 0.717) is 0 Å². The van der Waals surface area contributed by atoms with Crippen molar-refractivity contribution in [1.29, 1.82) is 0 Å². The summed E-state index contributed by atoms with van der Waals surface area (Å²) in [5.41, 5.74) is 9.08. The molecule has 0 aliphatic carbocycles. The Labute approximate surface area is 130 Å². The average Bonchev–Trinajstić information content (AvgIpc) is 2.48. The van der Waals surface area contributed by atoms with Gasteiger partial charge < -0.3 is 10.5 Å². The Balaban J connectivity index is 1.67. The van der Waals surface area contributed by atoms with Crippen LogP contribution in [0.4, 0.5) is 5.69 Å². The van der Waals surface area contributed by atoms with Gasteiger partial charge in [0.2, 0.25) is 0 Å². The molecule has 0 aromatic heterocycles. The van der Waals surface area contributed by atoms with Crippen molar-refractivity contribution >= 4 is 17.3 Å². The Morgan fingerprint density at radius 3 is 2.76 bits per heavy atom. The number of hydrogen-bond donors (Lipinski definition) is 1. The van der Waals surface area contributed by atoms with Gasteiger partial charge in [-0.05, 0) is 35.4 Å². The molecule has 110 valence electrons. The topological polar surface area (TPSA) is 38.5 Å². The van der Waals surface area contributed by atoms with Crippen LogP contribution in [-0.4, -0.2) is 24.6 Å². The Kier molecular flexibility index (Phi) is 4.44. The molecule has 3 nitrogen and oxygen atoms in total. The Bertz CT molecular complexity index is 600. The van der Waals surface area contributed by atoms with Crippen LogP contribution in [0.3, 0.4) is 0 Å². The minimum absolute atomic E-state index is 0.108. The van der Waals surface area contributed by atoms with Gasteiger partial charge in [0.15, 0.2) is 0 Å². The van der Waals surface area contributed by atoms with Gasteiger partial charge in [0.05, 0.1) is 12.7 Å². The van der Waals surface area contributed by atoms with Crippen LogP contribution in [0.2, 0.25) is 5.02 Å². The van der Waals surface area contributed by atoms with Crippen LogP contribution in [0.25, 0.3) is 0 Å². The Morgan fingerprint density at radius 1 is 1.19 bits per heavy atom. The predicted molar refractivity (Wildman–Crippen MR) is 86.3 cm³/mol. The van der Waals surface area contributed by atoms with E-state index in [1.165, 1.54) is 11.1 Å². The summed E-state index contributed by atoms with van der Waals surface area (Å²) < 4.78 is 5.89. The first-order chi connectivity index (χ1) is 10.2. The summed E-state index contributed by atoms with van der Waals surface area (Å²) in [5, 5.41) is 0.756. The van der Waals surface area contributed by atoms with Crippen molar-refractivity contribution in [1.82, 2.24) is 4.90 Å². The lowest BCUT2D eigenvalue weighted by molar-refractivity contribution is -0.0329. The molecule has 1 fully saturated rings. The quantitative estimate of drug-likeness (QED) is 0.882. The Hall–Kier alpha value is -1.55. The maximum absolute atomic E-state index is 5.94. The van der Waals surface area contributed by atoms with E-state index in [1.807, 2.05) is 42.5 Å². The summed E-state index contributed by atoms with van der Waals surface area (Å²) in [6.07, 6.45) is 0.108. The van der Waals surface area contributed by atoms with Crippen molar-refractivity contribution < 1.29 is 4.74 Å². The number of rotatable bonds is 3. The predicted octanol–water partition coefficient (Wildman–Crippen LogP) is 3.50. The molecule has 1 saturated heterocycles. The van der Waals surface area contributed by atoms with Crippen LogP contribution < -0.4 is 5.73 Å². The van der Waals surface area contributed by atoms with Gasteiger partial charge in [-0.2, -0.15) is 0 Å². The van der Waals surface area contributed by atoms with Crippen molar-refractivity contribution in [3.05, 3.63) is 64.7 Å². The summed E-state index contributed by atoms with van der Waals surface area (Å²) in [6, 6.07) is 16.0. The summed E-state index contributed by atoms with van der Waals surface area (Å²) in [7, 11) is 0. The molecular weight excluding hydrogens is 284 g/mol. The van der Waals surface area contributed by atoms with Gasteiger partial charge in [0.25, 0.3) is 0 Å². The number of anilines is 1. The first-order valence-corrected chi connectivity index (χ1v) is 7.52. The van der Waals surface area contributed by atoms with E-state index in [4.69, 9.17) is 22.1 Å². The highest BCUT2D eigenvalue weighted by molar-refractivity contribution is 6.30. The number of hydrogen-bond acceptors (Lipinski definition) is 3. The van der Waals surface area contributed by atoms with Gasteiger partial charge in [-0.3, -0.25) is 4.90 Å². The fourth-order valence-corrected chi connectivity index (χ4v) is 2.80. The van der Waals surface area contributed by atoms with Crippen molar-refractivity contribution in [2.45, 2.75) is 12.6 Å². The second kappa shape index (κ2) is 6.48. The van der Waals surface area contributed by atoms with E-state index >= 15 is 0 Å². The van der Waals surface area contributed by atoms with Crippen molar-refractivity contribution in [3.8, 4) is 0 Å². The van der Waals surface area contributed by atoms with Gasteiger partial charge in [0, 0.05) is 30.3 Å². The summed E-state index contributed by atoms with van der Waals surface area (Å²) in [4.78, 5) is 2.40. The number of ether oxygens (including phenoxy) is 1. The lowest BCUT2D eigenvalue weighted by Crippen LogP contribution is -2.37. The molecule has 1 aliphatic rings. The van der Waals surface area contributed by atoms with E-state index < -0.39 is 0 Å². The molecule has 1 unspecified atom stereocenters. The number of benzene rings is 2. The van der Waals surface area contributed by atoms with Gasteiger partial charge in [-0.25, -0.2) is 0 Å². The number of nitrogen functional groups attached to an aromatic ring is 1. The van der Waals surface area contributed by atoms with E-state index in [9.17, 15) is 0 Å². The molecule has 21 heavy (non-hydrogen) atoms. The van der Waals surface area contributed by atoms with Gasteiger partial charge in [0.1, 0.15) is 0 Å². The molecule has 0 radical (unpaired) electrons. The molecule has 2 N–H and O–H groups in total. The molecule has 0 bridgehead atoms. The van der Waals surface area contributed by atoms with E-state index in [1.54, 1.807) is 0 Å². The van der Waals surface area contributed by atoms with Crippen LogP contribution in [-0.2, 0) is 11.3 Å². The second-order valence-electron chi connectivity index (χ2n) is 5.39. The average molecular weight is 303 g/mol. The molecule has 0 amide bonds. The second-order valence-corrected chi connectivity index (χ2v) is 5.83. The van der Waals surface area contributed by atoms with E-state index in [-0.39, 0.29) is 6.10 Å². The van der Waals surface area contributed by atoms with Gasteiger partial charge in [-0.15, -0.1) is 0 Å². The maximum atomic E-state index is 5.94. The summed E-state index contributed by atoms with van der Waals surface area (Å²) in [6.45, 7) is 3.48. The first-order valence-electron chi connectivity index (χ1n) is 7.14. The smallest absolute Gasteiger partial charge is 0.0952 e. The fraction of sp³-hybridized carbons (Fsp3) is 0.294. The molecule has 2 aromatic rings. The van der Waals surface area contributed by atoms with Crippen molar-refractivity contribution in [2.75, 3.05) is 25.4 Å². The molecule has 1 heterocycles. The van der Waals surface area contributed by atoms with Crippen LogP contribution in [0.15, 0.2) is 48.5 Å². The zero-order valence-corrected chi connectivity index (χ0v) is 12.6. The number of nitrogens with two attached hydrogens (primary N) is 1. The third-order valence-electron chi connectivity index (χ3n) is 3.75. The summed E-state index contributed by atoms with van der Waals surface area (Å²) in [5.74, 6) is 0. The minimum Gasteiger partial charge on any atom is -0.399 e. The van der Waals surface area contributed by atoms with Gasteiger partial charge in [-0.1, -0.05) is 35.9 Å². The standard InChI is InChI=1S/C17H19ClN2O/c18-15-6-4-14(5-7-15)17-12-20(8-9-21-17)11-13-2-1-3-16(19)10-13/h1-7,10,17H,8-9,11-12,19H2. The molecule has 4 heteroatoms. The SMILES string of the molecule is Nc1cccc(CN2CCOC(c3ccc(Cl)cc3)C2)c1. The number of nitrogens with zero attached hydrogens (tertiary/aromatic N) is 1. The normalized spacial score (nSPS) is 19.6. The van der Waals surface area contributed by atoms with Crippen LogP contribution in [0, 0.1) is 0 Å². The lowest BCUT2D eigenvalue weighted by atomic mass is 10.1. The lowest BCUT2D eigenvalue weighted by Gasteiger charge is -2.33. The molecule has 1 atom stereocenters. The third kappa shape index (κ3) is 3.76. The molecule has 0 saturated carbocycles. The number of halogens is 1. The van der Waals surface area contributed by atoms with Crippen LogP contribution >= 0.6 is 11.6 Å². The third-order valence-corrected chi connectivity index (χ3v) is 4.00. The largest absolute Gasteiger partial charge is 0.399 e. The molecule has 1 aliphatic heterocycles. The van der Waals surface area contributed by atoms with Crippen molar-refractivity contribution in [3.63, 3.8) is 0 Å². The minimum atomic E-state index is 0.108. The first kappa shape index (κ1) is 14.4. The molecule has 2 aromatic carbocycles. The highest BCUT2D eigenvalue weighted by Gasteiger charge is 2.21. The van der Waals surface area contributed by atoms with Crippen molar-refractivity contribution in [2.24, 2.45) is 0 Å². The zero-order valence-electron chi connectivity index (χ0n) is 11.8. The van der Waals surface area contributed by atoms with E-state index in [0.717, 1.165) is 37.0 Å². The monoisotopic (exact) mass is 302 g/mol. The molecule has 0 spiro atoms. The molecular formula is C17H19ClN2O. The number of morpholine rings is 1. The zero-order chi connectivity index (χ0) is 14.7. The van der Waals surface area contributed by atoms with E-state index in [2.05, 4.69) is 11.0 Å². The summed E-state index contributed by atoms with van der Waals surface area (Å²) >= 11 is 5.94. The highest BCUT2D eigenvalue weighted by atomic mass is 35.5. The van der Waals surface area contributed by atoms with Crippen LogP contribution in [0.1, 0.15) is 17.2 Å². The fourth-order valence-electron chi connectivity index (χ4n) is 2.67. The van der Waals surface area contributed by atoms with Gasteiger partial charge >= 0.3 is 0 Å². The highest BCUT2D eigenvalue weighted by Crippen LogP contribution is 2.24.